The van der Waals surface area contributed by atoms with Gasteiger partial charge in [0.05, 0.1) is 4.88 Å². The Morgan fingerprint density at radius 1 is 1.09 bits per heavy atom. The normalized spacial score (nSPS) is 14.8. The molecule has 1 aromatic heterocycles. The molecule has 1 aliphatic rings. The van der Waals surface area contributed by atoms with Gasteiger partial charge in [0, 0.05) is 49.4 Å². The highest BCUT2D eigenvalue weighted by Crippen LogP contribution is 2.23. The average molecular weight is 451 g/mol. The molecule has 1 amide bonds. The maximum atomic E-state index is 13.9. The van der Waals surface area contributed by atoms with Gasteiger partial charge in [-0.25, -0.2) is 4.39 Å². The molecule has 1 aliphatic heterocycles. The number of para-hydroxylation sites is 1. The molecule has 6 heteroatoms. The summed E-state index contributed by atoms with van der Waals surface area (Å²) >= 11 is 1.46. The minimum atomic E-state index is -0.173. The first-order chi connectivity index (χ1) is 15.6. The van der Waals surface area contributed by atoms with Gasteiger partial charge < -0.3 is 9.64 Å². The SMILES string of the molecule is C/C=C/c1ccccc1OCc1csc(C(=O)N2CCN(Cc3ccccc3F)CC2)c1. The molecular weight excluding hydrogens is 423 g/mol. The van der Waals surface area contributed by atoms with E-state index in [0.29, 0.717) is 31.8 Å². The highest BCUT2D eigenvalue weighted by atomic mass is 32.1. The van der Waals surface area contributed by atoms with Crippen LogP contribution in [0, 0.1) is 5.82 Å². The lowest BCUT2D eigenvalue weighted by molar-refractivity contribution is 0.0631. The number of rotatable bonds is 7. The zero-order chi connectivity index (χ0) is 22.3. The fourth-order valence-corrected chi connectivity index (χ4v) is 4.65. The molecule has 166 valence electrons. The van der Waals surface area contributed by atoms with Crippen molar-refractivity contribution in [1.29, 1.82) is 0 Å². The van der Waals surface area contributed by atoms with Crippen molar-refractivity contribution in [3.05, 3.63) is 93.4 Å². The zero-order valence-electron chi connectivity index (χ0n) is 18.2. The predicted molar refractivity (Wildman–Crippen MR) is 127 cm³/mol. The highest BCUT2D eigenvalue weighted by molar-refractivity contribution is 7.12. The Bertz CT molecular complexity index is 1090. The first-order valence-electron chi connectivity index (χ1n) is 10.8. The minimum absolute atomic E-state index is 0.0566. The molecule has 0 unspecified atom stereocenters. The topological polar surface area (TPSA) is 32.8 Å². The summed E-state index contributed by atoms with van der Waals surface area (Å²) in [6.45, 7) is 5.75. The first kappa shape index (κ1) is 22.2. The van der Waals surface area contributed by atoms with Crippen LogP contribution in [-0.4, -0.2) is 41.9 Å². The van der Waals surface area contributed by atoms with Gasteiger partial charge in [-0.2, -0.15) is 0 Å². The lowest BCUT2D eigenvalue weighted by Crippen LogP contribution is -2.48. The Balaban J connectivity index is 1.30. The van der Waals surface area contributed by atoms with Crippen LogP contribution >= 0.6 is 11.3 Å². The number of ether oxygens (including phenoxy) is 1. The van der Waals surface area contributed by atoms with Crippen LogP contribution in [0.2, 0.25) is 0 Å². The number of thiophene rings is 1. The predicted octanol–water partition coefficient (Wildman–Crippen LogP) is 5.46. The lowest BCUT2D eigenvalue weighted by Gasteiger charge is -2.34. The number of benzene rings is 2. The van der Waals surface area contributed by atoms with E-state index in [2.05, 4.69) is 4.90 Å². The van der Waals surface area contributed by atoms with Crippen molar-refractivity contribution in [2.75, 3.05) is 26.2 Å². The fourth-order valence-electron chi connectivity index (χ4n) is 3.79. The van der Waals surface area contributed by atoms with Gasteiger partial charge in [0.1, 0.15) is 18.2 Å². The molecule has 4 nitrogen and oxygen atoms in total. The van der Waals surface area contributed by atoms with Crippen molar-refractivity contribution in [3.8, 4) is 5.75 Å². The Hall–Kier alpha value is -2.96. The maximum absolute atomic E-state index is 13.9. The maximum Gasteiger partial charge on any atom is 0.264 e. The number of piperazine rings is 1. The molecular formula is C26H27FN2O2S. The summed E-state index contributed by atoms with van der Waals surface area (Å²) in [7, 11) is 0. The zero-order valence-corrected chi connectivity index (χ0v) is 19.0. The van der Waals surface area contributed by atoms with Gasteiger partial charge in [-0.05, 0) is 30.5 Å². The van der Waals surface area contributed by atoms with Crippen LogP contribution < -0.4 is 4.74 Å². The summed E-state index contributed by atoms with van der Waals surface area (Å²) in [6, 6.07) is 16.7. The number of halogens is 1. The molecule has 2 heterocycles. The molecule has 3 aromatic rings. The standard InChI is InChI=1S/C26H27FN2O2S/c1-2-7-21-8-4-6-11-24(21)31-18-20-16-25(32-19-20)26(30)29-14-12-28(13-15-29)17-22-9-3-5-10-23(22)27/h2-11,16,19H,12-15,17-18H2,1H3/b7-2+. The van der Waals surface area contributed by atoms with Crippen LogP contribution in [0.15, 0.2) is 66.1 Å². The number of carbonyl (C=O) groups excluding carboxylic acids is 1. The van der Waals surface area contributed by atoms with Crippen LogP contribution in [0.5, 0.6) is 5.75 Å². The second kappa shape index (κ2) is 10.6. The monoisotopic (exact) mass is 450 g/mol. The van der Waals surface area contributed by atoms with Crippen molar-refractivity contribution >= 4 is 23.3 Å². The third kappa shape index (κ3) is 5.44. The van der Waals surface area contributed by atoms with E-state index in [1.54, 1.807) is 6.07 Å². The van der Waals surface area contributed by atoms with Crippen LogP contribution in [0.3, 0.4) is 0 Å². The number of nitrogens with zero attached hydrogens (tertiary/aromatic N) is 2. The molecule has 0 bridgehead atoms. The van der Waals surface area contributed by atoms with Crippen LogP contribution in [0.4, 0.5) is 4.39 Å². The van der Waals surface area contributed by atoms with Crippen molar-refractivity contribution in [3.63, 3.8) is 0 Å². The van der Waals surface area contributed by atoms with E-state index in [0.717, 1.165) is 34.8 Å². The van der Waals surface area contributed by atoms with Gasteiger partial charge in [-0.3, -0.25) is 9.69 Å². The van der Waals surface area contributed by atoms with E-state index in [1.807, 2.05) is 71.8 Å². The molecule has 0 saturated carbocycles. The van der Waals surface area contributed by atoms with Crippen molar-refractivity contribution in [1.82, 2.24) is 9.80 Å². The summed E-state index contributed by atoms with van der Waals surface area (Å²) in [5, 5.41) is 1.99. The summed E-state index contributed by atoms with van der Waals surface area (Å²) in [5.41, 5.74) is 2.73. The quantitative estimate of drug-likeness (QED) is 0.479. The van der Waals surface area contributed by atoms with E-state index in [4.69, 9.17) is 4.74 Å². The second-order valence-electron chi connectivity index (χ2n) is 7.81. The summed E-state index contributed by atoms with van der Waals surface area (Å²) < 4.78 is 19.9. The fraction of sp³-hybridized carbons (Fsp3) is 0.269. The summed E-state index contributed by atoms with van der Waals surface area (Å²) in [5.74, 6) is 0.712. The summed E-state index contributed by atoms with van der Waals surface area (Å²) in [6.07, 6.45) is 4.00. The van der Waals surface area contributed by atoms with E-state index < -0.39 is 0 Å². The lowest BCUT2D eigenvalue weighted by atomic mass is 10.2. The van der Waals surface area contributed by atoms with Crippen molar-refractivity contribution in [2.45, 2.75) is 20.1 Å². The van der Waals surface area contributed by atoms with Gasteiger partial charge in [0.2, 0.25) is 0 Å². The largest absolute Gasteiger partial charge is 0.488 e. The Morgan fingerprint density at radius 2 is 1.84 bits per heavy atom. The smallest absolute Gasteiger partial charge is 0.264 e. The van der Waals surface area contributed by atoms with E-state index in [-0.39, 0.29) is 11.7 Å². The number of carbonyl (C=O) groups is 1. The molecule has 0 aliphatic carbocycles. The van der Waals surface area contributed by atoms with Crippen LogP contribution in [0.25, 0.3) is 6.08 Å². The average Bonchev–Trinajstić information content (AvgIpc) is 3.29. The number of hydrogen-bond acceptors (Lipinski definition) is 4. The number of hydrogen-bond donors (Lipinski definition) is 0. The third-order valence-electron chi connectivity index (χ3n) is 5.54. The van der Waals surface area contributed by atoms with Gasteiger partial charge in [0.25, 0.3) is 5.91 Å². The third-order valence-corrected chi connectivity index (χ3v) is 6.50. The Kier molecular flexibility index (Phi) is 7.35. The van der Waals surface area contributed by atoms with E-state index in [1.165, 1.54) is 17.4 Å². The van der Waals surface area contributed by atoms with Gasteiger partial charge in [0.15, 0.2) is 0 Å². The molecule has 4 rings (SSSR count). The summed E-state index contributed by atoms with van der Waals surface area (Å²) in [4.78, 5) is 17.8. The molecule has 0 N–H and O–H groups in total. The van der Waals surface area contributed by atoms with Gasteiger partial charge in [-0.1, -0.05) is 48.6 Å². The van der Waals surface area contributed by atoms with Crippen LogP contribution in [-0.2, 0) is 13.2 Å². The van der Waals surface area contributed by atoms with Crippen molar-refractivity contribution < 1.29 is 13.9 Å². The number of amides is 1. The molecule has 1 saturated heterocycles. The Labute approximate surface area is 192 Å². The molecule has 0 atom stereocenters. The first-order valence-corrected chi connectivity index (χ1v) is 11.7. The van der Waals surface area contributed by atoms with Gasteiger partial charge >= 0.3 is 0 Å². The molecule has 2 aromatic carbocycles. The molecule has 0 spiro atoms. The van der Waals surface area contributed by atoms with E-state index >= 15 is 0 Å². The Morgan fingerprint density at radius 3 is 2.62 bits per heavy atom. The van der Waals surface area contributed by atoms with Gasteiger partial charge in [-0.15, -0.1) is 11.3 Å². The molecule has 32 heavy (non-hydrogen) atoms. The molecule has 0 radical (unpaired) electrons. The molecule has 1 fully saturated rings. The number of allylic oxidation sites excluding steroid dienone is 1. The minimum Gasteiger partial charge on any atom is -0.488 e. The van der Waals surface area contributed by atoms with Crippen molar-refractivity contribution in [2.24, 2.45) is 0 Å². The van der Waals surface area contributed by atoms with E-state index in [9.17, 15) is 9.18 Å². The second-order valence-corrected chi connectivity index (χ2v) is 8.72. The highest BCUT2D eigenvalue weighted by Gasteiger charge is 2.23. The van der Waals surface area contributed by atoms with Crippen LogP contribution in [0.1, 0.15) is 33.3 Å².